The third-order valence-corrected chi connectivity index (χ3v) is 5.27. The van der Waals surface area contributed by atoms with Crippen molar-refractivity contribution in [2.24, 2.45) is 0 Å². The lowest BCUT2D eigenvalue weighted by molar-refractivity contribution is -0.138. The van der Waals surface area contributed by atoms with E-state index in [1.807, 2.05) is 14.5 Å². The zero-order valence-corrected chi connectivity index (χ0v) is 13.8. The summed E-state index contributed by atoms with van der Waals surface area (Å²) in [6.45, 7) is 3.44. The van der Waals surface area contributed by atoms with Gasteiger partial charge >= 0.3 is 0 Å². The summed E-state index contributed by atoms with van der Waals surface area (Å²) < 4.78 is 7.79. The van der Waals surface area contributed by atoms with E-state index in [0.29, 0.717) is 32.5 Å². The Labute approximate surface area is 140 Å². The molecule has 2 atom stereocenters. The molecule has 0 unspecified atom stereocenters. The van der Waals surface area contributed by atoms with Crippen molar-refractivity contribution < 1.29 is 14.3 Å². The Hall–Kier alpha value is -1.96. The largest absolute Gasteiger partial charge is 0.370 e. The summed E-state index contributed by atoms with van der Waals surface area (Å²) >= 11 is 0. The first-order chi connectivity index (χ1) is 11.7. The first-order valence-electron chi connectivity index (χ1n) is 8.78. The molecule has 24 heavy (non-hydrogen) atoms. The second-order valence-electron chi connectivity index (χ2n) is 6.80. The van der Waals surface area contributed by atoms with Crippen LogP contribution in [0.25, 0.3) is 0 Å². The number of fused-ring (bicyclic) bond motifs is 3. The standard InChI is InChI=1S/C16H23N5O3/c22-15-3-1-6-19(15)7-2-4-16(23)20-8-5-14-13(10-20)21-12(11-24-14)9-17-18-21/h9,13-14H,1-8,10-11H2/t13-,14-/m0/s1. The maximum absolute atomic E-state index is 12.5. The summed E-state index contributed by atoms with van der Waals surface area (Å²) in [5.41, 5.74) is 0.970. The minimum atomic E-state index is 0.0640. The number of hydrogen-bond acceptors (Lipinski definition) is 5. The quantitative estimate of drug-likeness (QED) is 0.794. The van der Waals surface area contributed by atoms with Crippen LogP contribution in [0.2, 0.25) is 0 Å². The maximum atomic E-state index is 12.5. The molecule has 2 amide bonds. The van der Waals surface area contributed by atoms with Gasteiger partial charge in [0.05, 0.1) is 30.6 Å². The number of nitrogens with zero attached hydrogens (tertiary/aromatic N) is 5. The molecule has 3 aliphatic rings. The summed E-state index contributed by atoms with van der Waals surface area (Å²) in [6, 6.07) is 0.0640. The molecule has 2 fully saturated rings. The fraction of sp³-hybridized carbons (Fsp3) is 0.750. The zero-order valence-electron chi connectivity index (χ0n) is 13.8. The minimum absolute atomic E-state index is 0.0640. The van der Waals surface area contributed by atoms with Crippen LogP contribution in [-0.2, 0) is 20.9 Å². The fourth-order valence-corrected chi connectivity index (χ4v) is 3.93. The molecule has 0 N–H and O–H groups in total. The van der Waals surface area contributed by atoms with Gasteiger partial charge in [-0.05, 0) is 19.3 Å². The van der Waals surface area contributed by atoms with Gasteiger partial charge in [-0.25, -0.2) is 4.68 Å². The van der Waals surface area contributed by atoms with Crippen LogP contribution < -0.4 is 0 Å². The van der Waals surface area contributed by atoms with E-state index in [2.05, 4.69) is 10.3 Å². The lowest BCUT2D eigenvalue weighted by atomic mass is 10.00. The van der Waals surface area contributed by atoms with E-state index in [0.717, 1.165) is 38.0 Å². The van der Waals surface area contributed by atoms with Gasteiger partial charge in [-0.2, -0.15) is 0 Å². The molecule has 0 spiro atoms. The Morgan fingerprint density at radius 1 is 1.38 bits per heavy atom. The van der Waals surface area contributed by atoms with Crippen molar-refractivity contribution in [3.05, 3.63) is 11.9 Å². The second kappa shape index (κ2) is 6.51. The van der Waals surface area contributed by atoms with Gasteiger partial charge in [0.1, 0.15) is 0 Å². The van der Waals surface area contributed by atoms with Gasteiger partial charge in [0.2, 0.25) is 11.8 Å². The highest BCUT2D eigenvalue weighted by atomic mass is 16.5. The molecule has 1 aromatic rings. The SMILES string of the molecule is O=C1CCCN1CCCC(=O)N1CC[C@@H]2OCc3cnnn3[C@H]2C1. The van der Waals surface area contributed by atoms with Crippen LogP contribution in [0.5, 0.6) is 0 Å². The number of hydrogen-bond donors (Lipinski definition) is 0. The molecule has 0 saturated carbocycles. The van der Waals surface area contributed by atoms with Crippen LogP contribution in [0.1, 0.15) is 43.8 Å². The minimum Gasteiger partial charge on any atom is -0.370 e. The number of aromatic nitrogens is 3. The van der Waals surface area contributed by atoms with Crippen LogP contribution in [-0.4, -0.2) is 68.9 Å². The Morgan fingerprint density at radius 3 is 3.12 bits per heavy atom. The zero-order chi connectivity index (χ0) is 16.5. The summed E-state index contributed by atoms with van der Waals surface area (Å²) in [6.07, 6.45) is 5.51. The Morgan fingerprint density at radius 2 is 2.29 bits per heavy atom. The Balaban J connectivity index is 1.31. The molecule has 0 bridgehead atoms. The molecule has 0 aliphatic carbocycles. The van der Waals surface area contributed by atoms with Crippen LogP contribution in [0.15, 0.2) is 6.20 Å². The van der Waals surface area contributed by atoms with Crippen molar-refractivity contribution in [3.63, 3.8) is 0 Å². The van der Waals surface area contributed by atoms with Gasteiger partial charge in [0.15, 0.2) is 0 Å². The number of piperidine rings is 1. The highest BCUT2D eigenvalue weighted by molar-refractivity contribution is 5.78. The van der Waals surface area contributed by atoms with Crippen molar-refractivity contribution in [2.75, 3.05) is 26.2 Å². The average Bonchev–Trinajstić information content (AvgIpc) is 3.23. The monoisotopic (exact) mass is 333 g/mol. The van der Waals surface area contributed by atoms with Crippen molar-refractivity contribution >= 4 is 11.8 Å². The average molecular weight is 333 g/mol. The summed E-state index contributed by atoms with van der Waals surface area (Å²) in [5.74, 6) is 0.383. The van der Waals surface area contributed by atoms with E-state index in [-0.39, 0.29) is 24.0 Å². The Bertz CT molecular complexity index is 631. The van der Waals surface area contributed by atoms with Crippen LogP contribution in [0.3, 0.4) is 0 Å². The van der Waals surface area contributed by atoms with Crippen molar-refractivity contribution in [2.45, 2.75) is 50.9 Å². The number of rotatable bonds is 4. The smallest absolute Gasteiger partial charge is 0.222 e. The molecule has 2 saturated heterocycles. The number of ether oxygens (including phenoxy) is 1. The third kappa shape index (κ3) is 2.90. The van der Waals surface area contributed by atoms with Crippen molar-refractivity contribution in [1.82, 2.24) is 24.8 Å². The van der Waals surface area contributed by atoms with Gasteiger partial charge in [-0.1, -0.05) is 5.21 Å². The summed E-state index contributed by atoms with van der Waals surface area (Å²) in [4.78, 5) is 27.9. The summed E-state index contributed by atoms with van der Waals surface area (Å²) in [7, 11) is 0. The van der Waals surface area contributed by atoms with Crippen molar-refractivity contribution in [3.8, 4) is 0 Å². The van der Waals surface area contributed by atoms with Gasteiger partial charge in [-0.3, -0.25) is 9.59 Å². The van der Waals surface area contributed by atoms with E-state index in [9.17, 15) is 9.59 Å². The topological polar surface area (TPSA) is 80.6 Å². The van der Waals surface area contributed by atoms with E-state index in [1.54, 1.807) is 6.20 Å². The molecular formula is C16H23N5O3. The van der Waals surface area contributed by atoms with Crippen LogP contribution in [0, 0.1) is 0 Å². The highest BCUT2D eigenvalue weighted by Crippen LogP contribution is 2.30. The normalized spacial score (nSPS) is 26.4. The molecular weight excluding hydrogens is 310 g/mol. The predicted octanol–water partition coefficient (Wildman–Crippen LogP) is 0.353. The van der Waals surface area contributed by atoms with E-state index in [4.69, 9.17) is 4.74 Å². The highest BCUT2D eigenvalue weighted by Gasteiger charge is 2.37. The molecule has 4 heterocycles. The number of carbonyl (C=O) groups excluding carboxylic acids is 2. The third-order valence-electron chi connectivity index (χ3n) is 5.27. The van der Waals surface area contributed by atoms with Crippen LogP contribution in [0.4, 0.5) is 0 Å². The molecule has 0 radical (unpaired) electrons. The molecule has 8 heteroatoms. The first kappa shape index (κ1) is 15.6. The molecule has 8 nitrogen and oxygen atoms in total. The second-order valence-corrected chi connectivity index (χ2v) is 6.80. The lowest BCUT2D eigenvalue weighted by Crippen LogP contribution is -2.50. The molecule has 1 aromatic heterocycles. The van der Waals surface area contributed by atoms with E-state index < -0.39 is 0 Å². The van der Waals surface area contributed by atoms with Gasteiger partial charge in [0, 0.05) is 39.0 Å². The molecule has 4 rings (SSSR count). The van der Waals surface area contributed by atoms with Crippen LogP contribution >= 0.6 is 0 Å². The molecule has 130 valence electrons. The fourth-order valence-electron chi connectivity index (χ4n) is 3.93. The summed E-state index contributed by atoms with van der Waals surface area (Å²) in [5, 5.41) is 8.12. The van der Waals surface area contributed by atoms with Crippen molar-refractivity contribution in [1.29, 1.82) is 0 Å². The number of carbonyl (C=O) groups is 2. The van der Waals surface area contributed by atoms with Gasteiger partial charge < -0.3 is 14.5 Å². The first-order valence-corrected chi connectivity index (χ1v) is 8.78. The lowest BCUT2D eigenvalue weighted by Gasteiger charge is -2.41. The predicted molar refractivity (Wildman–Crippen MR) is 83.9 cm³/mol. The number of likely N-dealkylation sites (tertiary alicyclic amines) is 2. The van der Waals surface area contributed by atoms with E-state index in [1.165, 1.54) is 0 Å². The molecule has 0 aromatic carbocycles. The maximum Gasteiger partial charge on any atom is 0.222 e. The molecule has 3 aliphatic heterocycles. The van der Waals surface area contributed by atoms with Gasteiger partial charge in [0.25, 0.3) is 0 Å². The Kier molecular flexibility index (Phi) is 4.22. The van der Waals surface area contributed by atoms with Gasteiger partial charge in [-0.15, -0.1) is 5.10 Å². The van der Waals surface area contributed by atoms with E-state index >= 15 is 0 Å². The number of amides is 2.